The summed E-state index contributed by atoms with van der Waals surface area (Å²) in [6.07, 6.45) is 2.99. The summed E-state index contributed by atoms with van der Waals surface area (Å²) in [7, 11) is -2.90. The highest BCUT2D eigenvalue weighted by Crippen LogP contribution is 2.35. The molecular weight excluding hydrogens is 276 g/mol. The Balaban J connectivity index is 2.58. The van der Waals surface area contributed by atoms with Gasteiger partial charge in [0, 0.05) is 34.3 Å². The number of nitrogens with one attached hydrogen (secondary N) is 1. The van der Waals surface area contributed by atoms with Crippen molar-refractivity contribution in [3.63, 3.8) is 0 Å². The first kappa shape index (κ1) is 15.6. The molecule has 7 heteroatoms. The first-order valence-electron chi connectivity index (χ1n) is 5.85. The maximum Gasteiger partial charge on any atom is 0.147 e. The second-order valence-corrected chi connectivity index (χ2v) is 9.24. The molecular formula is C10H22N2O2S3. The zero-order valence-electron chi connectivity index (χ0n) is 10.4. The van der Waals surface area contributed by atoms with Gasteiger partial charge in [0.25, 0.3) is 0 Å². The Labute approximate surface area is 113 Å². The quantitative estimate of drug-likeness (QED) is 0.560. The average Bonchev–Trinajstić information content (AvgIpc) is 2.29. The van der Waals surface area contributed by atoms with E-state index in [-0.39, 0.29) is 11.8 Å². The second kappa shape index (κ2) is 7.23. The molecule has 0 radical (unpaired) electrons. The molecule has 1 rings (SSSR count). The standard InChI is InChI=1S/C10H22N2O2S3/c1-3-9-10(16-6-5-15-9)8(12-11)4-7-17(2,13)14/h8-10,12H,3-7,11H2,1-2H3. The van der Waals surface area contributed by atoms with Crippen LogP contribution < -0.4 is 11.3 Å². The van der Waals surface area contributed by atoms with Gasteiger partial charge in [-0.2, -0.15) is 23.5 Å². The zero-order chi connectivity index (χ0) is 12.9. The molecule has 3 unspecified atom stereocenters. The van der Waals surface area contributed by atoms with E-state index in [1.807, 2.05) is 23.5 Å². The van der Waals surface area contributed by atoms with Crippen LogP contribution in [0, 0.1) is 0 Å². The van der Waals surface area contributed by atoms with Crippen molar-refractivity contribution in [1.29, 1.82) is 0 Å². The van der Waals surface area contributed by atoms with E-state index in [9.17, 15) is 8.42 Å². The highest BCUT2D eigenvalue weighted by atomic mass is 32.2. The fraction of sp³-hybridized carbons (Fsp3) is 1.00. The van der Waals surface area contributed by atoms with Crippen LogP contribution in [0.5, 0.6) is 0 Å². The first-order valence-corrected chi connectivity index (χ1v) is 10.0. The number of nitrogens with two attached hydrogens (primary N) is 1. The van der Waals surface area contributed by atoms with Crippen molar-refractivity contribution in [2.24, 2.45) is 5.84 Å². The largest absolute Gasteiger partial charge is 0.271 e. The highest BCUT2D eigenvalue weighted by molar-refractivity contribution is 8.07. The van der Waals surface area contributed by atoms with Crippen LogP contribution in [0.1, 0.15) is 19.8 Å². The Bertz CT molecular complexity index is 322. The van der Waals surface area contributed by atoms with Crippen LogP contribution in [0.15, 0.2) is 0 Å². The highest BCUT2D eigenvalue weighted by Gasteiger charge is 2.31. The predicted octanol–water partition coefficient (Wildman–Crippen LogP) is 0.880. The number of hydrogen-bond acceptors (Lipinski definition) is 6. The van der Waals surface area contributed by atoms with Gasteiger partial charge in [-0.3, -0.25) is 11.3 Å². The van der Waals surface area contributed by atoms with Crippen LogP contribution in [0.25, 0.3) is 0 Å². The number of rotatable bonds is 6. The predicted molar refractivity (Wildman–Crippen MR) is 78.2 cm³/mol. The van der Waals surface area contributed by atoms with Crippen molar-refractivity contribution in [2.75, 3.05) is 23.5 Å². The van der Waals surface area contributed by atoms with Crippen LogP contribution in [0.4, 0.5) is 0 Å². The molecule has 0 aromatic heterocycles. The van der Waals surface area contributed by atoms with E-state index in [1.54, 1.807) is 0 Å². The summed E-state index contributed by atoms with van der Waals surface area (Å²) in [5.41, 5.74) is 2.81. The minimum atomic E-state index is -2.90. The van der Waals surface area contributed by atoms with Crippen molar-refractivity contribution >= 4 is 33.4 Å². The summed E-state index contributed by atoms with van der Waals surface area (Å²) < 4.78 is 22.4. The minimum Gasteiger partial charge on any atom is -0.271 e. The van der Waals surface area contributed by atoms with Gasteiger partial charge >= 0.3 is 0 Å². The SMILES string of the molecule is CCC1SCCSC1C(CCS(C)(=O)=O)NN. The Hall–Kier alpha value is 0.570. The summed E-state index contributed by atoms with van der Waals surface area (Å²) in [6, 6.07) is 0.0903. The number of thioether (sulfide) groups is 2. The summed E-state index contributed by atoms with van der Waals surface area (Å²) >= 11 is 3.90. The molecule has 0 bridgehead atoms. The van der Waals surface area contributed by atoms with Gasteiger partial charge in [-0.15, -0.1) is 0 Å². The topological polar surface area (TPSA) is 72.2 Å². The molecule has 0 aromatic rings. The molecule has 1 heterocycles. The molecule has 0 amide bonds. The summed E-state index contributed by atoms with van der Waals surface area (Å²) in [6.45, 7) is 2.18. The van der Waals surface area contributed by atoms with Crippen molar-refractivity contribution in [3.8, 4) is 0 Å². The van der Waals surface area contributed by atoms with Crippen molar-refractivity contribution < 1.29 is 8.42 Å². The van der Waals surface area contributed by atoms with Gasteiger partial charge in [0.1, 0.15) is 9.84 Å². The Morgan fingerprint density at radius 3 is 2.59 bits per heavy atom. The maximum absolute atomic E-state index is 11.2. The van der Waals surface area contributed by atoms with E-state index < -0.39 is 9.84 Å². The second-order valence-electron chi connectivity index (χ2n) is 4.34. The van der Waals surface area contributed by atoms with Gasteiger partial charge in [-0.1, -0.05) is 6.92 Å². The Morgan fingerprint density at radius 1 is 1.41 bits per heavy atom. The molecule has 17 heavy (non-hydrogen) atoms. The lowest BCUT2D eigenvalue weighted by Crippen LogP contribution is -2.48. The van der Waals surface area contributed by atoms with Crippen LogP contribution in [0.3, 0.4) is 0 Å². The minimum absolute atomic E-state index is 0.0903. The van der Waals surface area contributed by atoms with Crippen LogP contribution >= 0.6 is 23.5 Å². The van der Waals surface area contributed by atoms with Crippen molar-refractivity contribution in [1.82, 2.24) is 5.43 Å². The first-order chi connectivity index (χ1) is 7.98. The Morgan fingerprint density at radius 2 is 2.06 bits per heavy atom. The van der Waals surface area contributed by atoms with E-state index >= 15 is 0 Å². The summed E-state index contributed by atoms with van der Waals surface area (Å²) in [5, 5.41) is 1.000. The number of hydrogen-bond donors (Lipinski definition) is 2. The van der Waals surface area contributed by atoms with Gasteiger partial charge in [-0.05, 0) is 12.8 Å². The Kier molecular flexibility index (Phi) is 6.65. The van der Waals surface area contributed by atoms with Crippen molar-refractivity contribution in [3.05, 3.63) is 0 Å². The lowest BCUT2D eigenvalue weighted by atomic mass is 10.1. The van der Waals surface area contributed by atoms with Gasteiger partial charge in [0.05, 0.1) is 5.75 Å². The van der Waals surface area contributed by atoms with Crippen LogP contribution in [-0.2, 0) is 9.84 Å². The smallest absolute Gasteiger partial charge is 0.147 e. The molecule has 0 aromatic carbocycles. The van der Waals surface area contributed by atoms with E-state index in [4.69, 9.17) is 5.84 Å². The summed E-state index contributed by atoms with van der Waals surface area (Å²) in [4.78, 5) is 0. The molecule has 3 N–H and O–H groups in total. The third-order valence-corrected chi connectivity index (χ3v) is 7.29. The van der Waals surface area contributed by atoms with Gasteiger partial charge in [0.15, 0.2) is 0 Å². The lowest BCUT2D eigenvalue weighted by Gasteiger charge is -2.35. The van der Waals surface area contributed by atoms with Crippen molar-refractivity contribution in [2.45, 2.75) is 36.3 Å². The maximum atomic E-state index is 11.2. The third-order valence-electron chi connectivity index (χ3n) is 2.90. The zero-order valence-corrected chi connectivity index (χ0v) is 12.8. The van der Waals surface area contributed by atoms with E-state index in [2.05, 4.69) is 12.3 Å². The lowest BCUT2D eigenvalue weighted by molar-refractivity contribution is 0.478. The monoisotopic (exact) mass is 298 g/mol. The van der Waals surface area contributed by atoms with Gasteiger partial charge in [-0.25, -0.2) is 8.42 Å². The molecule has 1 aliphatic heterocycles. The van der Waals surface area contributed by atoms with E-state index in [0.29, 0.717) is 16.9 Å². The molecule has 1 saturated heterocycles. The molecule has 3 atom stereocenters. The van der Waals surface area contributed by atoms with E-state index in [0.717, 1.165) is 12.2 Å². The molecule has 0 saturated carbocycles. The van der Waals surface area contributed by atoms with Gasteiger partial charge in [0.2, 0.25) is 0 Å². The van der Waals surface area contributed by atoms with E-state index in [1.165, 1.54) is 12.0 Å². The normalized spacial score (nSPS) is 27.9. The molecule has 102 valence electrons. The van der Waals surface area contributed by atoms with Crippen LogP contribution in [0.2, 0.25) is 0 Å². The average molecular weight is 298 g/mol. The molecule has 1 aliphatic rings. The van der Waals surface area contributed by atoms with Gasteiger partial charge < -0.3 is 0 Å². The molecule has 0 aliphatic carbocycles. The summed E-state index contributed by atoms with van der Waals surface area (Å²) in [5.74, 6) is 8.10. The molecule has 1 fully saturated rings. The fourth-order valence-electron chi connectivity index (χ4n) is 1.99. The van der Waals surface area contributed by atoms with Crippen LogP contribution in [-0.4, -0.2) is 48.5 Å². The fourth-order valence-corrected chi connectivity index (χ4v) is 5.96. The molecule has 0 spiro atoms. The number of sulfone groups is 1. The molecule has 4 nitrogen and oxygen atoms in total. The number of hydrazine groups is 1. The third kappa shape index (κ3) is 5.38.